The number of methoxy groups -OCH3 is 1. The summed E-state index contributed by atoms with van der Waals surface area (Å²) in [6, 6.07) is 14.5. The zero-order chi connectivity index (χ0) is 17.6. The van der Waals surface area contributed by atoms with Crippen molar-refractivity contribution in [2.24, 2.45) is 5.92 Å². The van der Waals surface area contributed by atoms with Gasteiger partial charge in [-0.2, -0.15) is 0 Å². The number of halogens is 1. The van der Waals surface area contributed by atoms with Crippen LogP contribution >= 0.6 is 0 Å². The third-order valence-electron chi connectivity index (χ3n) is 4.57. The van der Waals surface area contributed by atoms with E-state index in [4.69, 9.17) is 9.47 Å². The van der Waals surface area contributed by atoms with Crippen molar-refractivity contribution in [1.82, 2.24) is 0 Å². The van der Waals surface area contributed by atoms with Crippen LogP contribution in [0.4, 0.5) is 4.39 Å². The van der Waals surface area contributed by atoms with E-state index in [0.717, 1.165) is 17.5 Å². The highest BCUT2D eigenvalue weighted by molar-refractivity contribution is 5.70. The van der Waals surface area contributed by atoms with Crippen LogP contribution < -0.4 is 4.74 Å². The van der Waals surface area contributed by atoms with E-state index in [1.807, 2.05) is 36.4 Å². The lowest BCUT2D eigenvalue weighted by Gasteiger charge is -2.17. The first-order valence-corrected chi connectivity index (χ1v) is 8.68. The zero-order valence-electron chi connectivity index (χ0n) is 14.4. The average molecular weight is 342 g/mol. The summed E-state index contributed by atoms with van der Waals surface area (Å²) in [5.41, 5.74) is 1.83. The lowest BCUT2D eigenvalue weighted by molar-refractivity contribution is -0.141. The monoisotopic (exact) mass is 342 g/mol. The van der Waals surface area contributed by atoms with E-state index in [2.05, 4.69) is 0 Å². The van der Waals surface area contributed by atoms with Gasteiger partial charge in [-0.1, -0.05) is 43.2 Å². The van der Waals surface area contributed by atoms with Crippen molar-refractivity contribution in [2.45, 2.75) is 38.2 Å². The van der Waals surface area contributed by atoms with Crippen molar-refractivity contribution in [1.29, 1.82) is 0 Å². The van der Waals surface area contributed by atoms with Gasteiger partial charge in [0, 0.05) is 6.07 Å². The van der Waals surface area contributed by atoms with Gasteiger partial charge in [0.1, 0.15) is 18.2 Å². The summed E-state index contributed by atoms with van der Waals surface area (Å²) in [5, 5.41) is 0. The second-order valence-electron chi connectivity index (χ2n) is 6.65. The van der Waals surface area contributed by atoms with E-state index < -0.39 is 0 Å². The van der Waals surface area contributed by atoms with Gasteiger partial charge in [0.2, 0.25) is 0 Å². The molecule has 0 heterocycles. The number of esters is 1. The first-order chi connectivity index (χ1) is 12.1. The van der Waals surface area contributed by atoms with E-state index in [1.54, 1.807) is 0 Å². The van der Waals surface area contributed by atoms with Crippen molar-refractivity contribution in [3.63, 3.8) is 0 Å². The molecular weight excluding hydrogens is 319 g/mol. The predicted octanol–water partition coefficient (Wildman–Crippen LogP) is 4.85. The molecule has 1 saturated carbocycles. The molecule has 132 valence electrons. The molecule has 1 unspecified atom stereocenters. The molecule has 1 aliphatic carbocycles. The molecule has 0 N–H and O–H groups in total. The summed E-state index contributed by atoms with van der Waals surface area (Å²) >= 11 is 0. The van der Waals surface area contributed by atoms with Gasteiger partial charge < -0.3 is 9.47 Å². The second-order valence-corrected chi connectivity index (χ2v) is 6.65. The number of rotatable bonds is 8. The van der Waals surface area contributed by atoms with Gasteiger partial charge in [0.25, 0.3) is 0 Å². The Kier molecular flexibility index (Phi) is 5.69. The highest BCUT2D eigenvalue weighted by Gasteiger charge is 2.28. The summed E-state index contributed by atoms with van der Waals surface area (Å²) in [4.78, 5) is 11.7. The van der Waals surface area contributed by atoms with Gasteiger partial charge in [-0.05, 0) is 41.5 Å². The minimum atomic E-state index is -0.341. The van der Waals surface area contributed by atoms with Crippen LogP contribution in [-0.2, 0) is 16.1 Å². The highest BCUT2D eigenvalue weighted by Crippen LogP contribution is 2.41. The Balaban J connectivity index is 1.74. The number of benzene rings is 2. The Morgan fingerprint density at radius 1 is 1.20 bits per heavy atom. The number of hydrogen-bond donors (Lipinski definition) is 0. The normalized spacial score (nSPS) is 14.8. The molecule has 0 bridgehead atoms. The fraction of sp³-hybridized carbons (Fsp3) is 0.381. The summed E-state index contributed by atoms with van der Waals surface area (Å²) in [6.07, 6.45) is 3.53. The van der Waals surface area contributed by atoms with E-state index in [1.165, 1.54) is 32.1 Å². The molecule has 25 heavy (non-hydrogen) atoms. The van der Waals surface area contributed by atoms with Gasteiger partial charge in [-0.3, -0.25) is 4.79 Å². The Morgan fingerprint density at radius 2 is 1.96 bits per heavy atom. The minimum absolute atomic E-state index is 0.0327. The molecule has 2 aromatic rings. The topological polar surface area (TPSA) is 35.5 Å². The SMILES string of the molecule is COC(=O)CC(CC1CC1)c1cc(F)cc(OCc2ccccc2)c1. The molecule has 1 atom stereocenters. The first kappa shape index (κ1) is 17.5. The molecule has 0 aliphatic heterocycles. The van der Waals surface area contributed by atoms with Gasteiger partial charge in [0.15, 0.2) is 0 Å². The van der Waals surface area contributed by atoms with Crippen LogP contribution in [0.2, 0.25) is 0 Å². The lowest BCUT2D eigenvalue weighted by Crippen LogP contribution is -2.10. The van der Waals surface area contributed by atoms with E-state index in [9.17, 15) is 9.18 Å². The molecule has 4 heteroatoms. The average Bonchev–Trinajstić information content (AvgIpc) is 3.44. The van der Waals surface area contributed by atoms with Crippen LogP contribution in [-0.4, -0.2) is 13.1 Å². The molecule has 3 nitrogen and oxygen atoms in total. The highest BCUT2D eigenvalue weighted by atomic mass is 19.1. The Bertz CT molecular complexity index is 710. The van der Waals surface area contributed by atoms with Crippen LogP contribution in [0.5, 0.6) is 5.75 Å². The molecule has 0 aromatic heterocycles. The van der Waals surface area contributed by atoms with Gasteiger partial charge >= 0.3 is 5.97 Å². The maximum atomic E-state index is 14.1. The van der Waals surface area contributed by atoms with Gasteiger partial charge in [-0.25, -0.2) is 4.39 Å². The third kappa shape index (κ3) is 5.31. The van der Waals surface area contributed by atoms with Crippen molar-refractivity contribution in [2.75, 3.05) is 7.11 Å². The first-order valence-electron chi connectivity index (χ1n) is 8.68. The smallest absolute Gasteiger partial charge is 0.306 e. The molecule has 3 rings (SSSR count). The molecular formula is C21H23FO3. The van der Waals surface area contributed by atoms with Gasteiger partial charge in [0.05, 0.1) is 13.5 Å². The quantitative estimate of drug-likeness (QED) is 0.643. The lowest BCUT2D eigenvalue weighted by atomic mass is 9.90. The Hall–Kier alpha value is -2.36. The number of carbonyl (C=O) groups excluding carboxylic acids is 1. The fourth-order valence-corrected chi connectivity index (χ4v) is 3.02. The number of carbonyl (C=O) groups is 1. The largest absolute Gasteiger partial charge is 0.489 e. The molecule has 1 aliphatic rings. The van der Waals surface area contributed by atoms with Crippen LogP contribution in [0, 0.1) is 11.7 Å². The Morgan fingerprint density at radius 3 is 2.64 bits per heavy atom. The summed E-state index contributed by atoms with van der Waals surface area (Å²) < 4.78 is 24.7. The molecule has 2 aromatic carbocycles. The predicted molar refractivity (Wildman–Crippen MR) is 93.9 cm³/mol. The molecule has 0 spiro atoms. The van der Waals surface area contributed by atoms with Crippen LogP contribution in [0.25, 0.3) is 0 Å². The van der Waals surface area contributed by atoms with Crippen molar-refractivity contribution in [3.05, 3.63) is 65.5 Å². The summed E-state index contributed by atoms with van der Waals surface area (Å²) in [7, 11) is 1.39. The maximum absolute atomic E-state index is 14.1. The molecule has 0 saturated heterocycles. The van der Waals surface area contributed by atoms with E-state index in [0.29, 0.717) is 18.3 Å². The second kappa shape index (κ2) is 8.15. The van der Waals surface area contributed by atoms with Crippen molar-refractivity contribution >= 4 is 5.97 Å². The zero-order valence-corrected chi connectivity index (χ0v) is 14.4. The standard InChI is InChI=1S/C21H23FO3/c1-24-21(23)12-17(9-15-7-8-15)18-10-19(22)13-20(11-18)25-14-16-5-3-2-4-6-16/h2-6,10-11,13,15,17H,7-9,12,14H2,1H3. The van der Waals surface area contributed by atoms with Crippen molar-refractivity contribution < 1.29 is 18.7 Å². The molecule has 1 fully saturated rings. The van der Waals surface area contributed by atoms with Crippen LogP contribution in [0.3, 0.4) is 0 Å². The summed E-state index contributed by atoms with van der Waals surface area (Å²) in [6.45, 7) is 0.383. The minimum Gasteiger partial charge on any atom is -0.489 e. The maximum Gasteiger partial charge on any atom is 0.306 e. The molecule has 0 amide bonds. The summed E-state index contributed by atoms with van der Waals surface area (Å²) in [5.74, 6) is 0.485. The van der Waals surface area contributed by atoms with Crippen LogP contribution in [0.15, 0.2) is 48.5 Å². The van der Waals surface area contributed by atoms with Gasteiger partial charge in [-0.15, -0.1) is 0 Å². The third-order valence-corrected chi connectivity index (χ3v) is 4.57. The van der Waals surface area contributed by atoms with Crippen molar-refractivity contribution in [3.8, 4) is 5.75 Å². The molecule has 0 radical (unpaired) electrons. The van der Waals surface area contributed by atoms with E-state index in [-0.39, 0.29) is 24.1 Å². The van der Waals surface area contributed by atoms with Crippen LogP contribution in [0.1, 0.15) is 42.7 Å². The Labute approximate surface area is 147 Å². The fourth-order valence-electron chi connectivity index (χ4n) is 3.02. The number of hydrogen-bond acceptors (Lipinski definition) is 3. The van der Waals surface area contributed by atoms with E-state index >= 15 is 0 Å². The number of ether oxygens (including phenoxy) is 2.